The van der Waals surface area contributed by atoms with Gasteiger partial charge in [-0.25, -0.2) is 0 Å². The molecule has 4 nitrogen and oxygen atoms in total. The predicted octanol–water partition coefficient (Wildman–Crippen LogP) is -0.646. The molecule has 0 aromatic rings. The molecule has 0 bridgehead atoms. The summed E-state index contributed by atoms with van der Waals surface area (Å²) in [4.78, 5) is 15.0. The molecule has 1 aliphatic heterocycles. The molecule has 2 atom stereocenters. The number of hydrogen-bond acceptors (Lipinski definition) is 3. The molecular formula is C9H19N3O. The van der Waals surface area contributed by atoms with Crippen LogP contribution in [0.25, 0.3) is 0 Å². The molecule has 2 N–H and O–H groups in total. The van der Waals surface area contributed by atoms with E-state index < -0.39 is 0 Å². The van der Waals surface area contributed by atoms with Crippen LogP contribution < -0.4 is 5.73 Å². The third kappa shape index (κ3) is 2.67. The maximum atomic E-state index is 10.7. The highest BCUT2D eigenvalue weighted by atomic mass is 16.1. The molecule has 0 aromatic heterocycles. The number of hydrogen-bond donors (Lipinski definition) is 1. The van der Waals surface area contributed by atoms with E-state index in [0.29, 0.717) is 18.5 Å². The fraction of sp³-hybridized carbons (Fsp3) is 0.889. The Morgan fingerprint density at radius 1 is 1.54 bits per heavy atom. The number of amides is 1. The van der Waals surface area contributed by atoms with Gasteiger partial charge in [0.2, 0.25) is 5.91 Å². The van der Waals surface area contributed by atoms with Crippen LogP contribution >= 0.6 is 0 Å². The largest absolute Gasteiger partial charge is 0.369 e. The number of likely N-dealkylation sites (N-methyl/N-ethyl adjacent to an activating group) is 1. The van der Waals surface area contributed by atoms with E-state index in [4.69, 9.17) is 5.73 Å². The SMILES string of the molecule is CC1CN(CC(N)=O)CC1N(C)C. The first-order valence-electron chi connectivity index (χ1n) is 4.67. The topological polar surface area (TPSA) is 49.6 Å². The molecule has 13 heavy (non-hydrogen) atoms. The summed E-state index contributed by atoms with van der Waals surface area (Å²) in [5.41, 5.74) is 5.15. The van der Waals surface area contributed by atoms with Crippen LogP contribution in [0.1, 0.15) is 6.92 Å². The van der Waals surface area contributed by atoms with Crippen molar-refractivity contribution in [3.05, 3.63) is 0 Å². The van der Waals surface area contributed by atoms with E-state index in [0.717, 1.165) is 13.1 Å². The van der Waals surface area contributed by atoms with Crippen molar-refractivity contribution in [2.45, 2.75) is 13.0 Å². The van der Waals surface area contributed by atoms with Gasteiger partial charge in [-0.1, -0.05) is 6.92 Å². The van der Waals surface area contributed by atoms with Crippen molar-refractivity contribution in [2.24, 2.45) is 11.7 Å². The summed E-state index contributed by atoms with van der Waals surface area (Å²) in [6, 6.07) is 0.555. The van der Waals surface area contributed by atoms with Crippen molar-refractivity contribution in [2.75, 3.05) is 33.7 Å². The molecule has 1 saturated heterocycles. The van der Waals surface area contributed by atoms with Gasteiger partial charge in [-0.05, 0) is 20.0 Å². The summed E-state index contributed by atoms with van der Waals surface area (Å²) in [7, 11) is 4.16. The number of nitrogens with two attached hydrogens (primary N) is 1. The van der Waals surface area contributed by atoms with Gasteiger partial charge in [0.15, 0.2) is 0 Å². The van der Waals surface area contributed by atoms with Crippen LogP contribution in [0.15, 0.2) is 0 Å². The maximum absolute atomic E-state index is 10.7. The predicted molar refractivity (Wildman–Crippen MR) is 52.3 cm³/mol. The zero-order valence-corrected chi connectivity index (χ0v) is 8.66. The minimum Gasteiger partial charge on any atom is -0.369 e. The van der Waals surface area contributed by atoms with Crippen LogP contribution in [0.4, 0.5) is 0 Å². The molecule has 0 saturated carbocycles. The molecular weight excluding hydrogens is 166 g/mol. The quantitative estimate of drug-likeness (QED) is 0.636. The number of nitrogens with zero attached hydrogens (tertiary/aromatic N) is 2. The van der Waals surface area contributed by atoms with Crippen molar-refractivity contribution < 1.29 is 4.79 Å². The molecule has 1 aliphatic rings. The minimum atomic E-state index is -0.230. The molecule has 76 valence electrons. The summed E-state index contributed by atoms with van der Waals surface area (Å²) < 4.78 is 0. The van der Waals surface area contributed by atoms with Gasteiger partial charge in [-0.3, -0.25) is 9.69 Å². The summed E-state index contributed by atoms with van der Waals surface area (Å²) >= 11 is 0. The van der Waals surface area contributed by atoms with Crippen molar-refractivity contribution in [1.29, 1.82) is 0 Å². The highest BCUT2D eigenvalue weighted by Gasteiger charge is 2.31. The standard InChI is InChI=1S/C9H19N3O/c1-7-4-12(6-9(10)13)5-8(7)11(2)3/h7-8H,4-6H2,1-3H3,(H2,10,13). The van der Waals surface area contributed by atoms with Gasteiger partial charge in [0.1, 0.15) is 0 Å². The molecule has 2 unspecified atom stereocenters. The molecule has 0 aromatic carbocycles. The average molecular weight is 185 g/mol. The Bertz CT molecular complexity index is 193. The summed E-state index contributed by atoms with van der Waals surface area (Å²) in [6.45, 7) is 4.54. The third-order valence-electron chi connectivity index (χ3n) is 2.69. The number of rotatable bonds is 3. The molecule has 0 spiro atoms. The van der Waals surface area contributed by atoms with Gasteiger partial charge in [0, 0.05) is 19.1 Å². The molecule has 1 fully saturated rings. The molecule has 1 rings (SSSR count). The molecule has 1 heterocycles. The van der Waals surface area contributed by atoms with E-state index in [9.17, 15) is 4.79 Å². The number of carbonyl (C=O) groups excluding carboxylic acids is 1. The Kier molecular flexibility index (Phi) is 3.27. The van der Waals surface area contributed by atoms with E-state index in [1.807, 2.05) is 0 Å². The van der Waals surface area contributed by atoms with E-state index in [1.165, 1.54) is 0 Å². The number of likely N-dealkylation sites (tertiary alicyclic amines) is 1. The van der Waals surface area contributed by atoms with E-state index >= 15 is 0 Å². The smallest absolute Gasteiger partial charge is 0.231 e. The maximum Gasteiger partial charge on any atom is 0.231 e. The van der Waals surface area contributed by atoms with Gasteiger partial charge in [-0.2, -0.15) is 0 Å². The van der Waals surface area contributed by atoms with Gasteiger partial charge in [-0.15, -0.1) is 0 Å². The average Bonchev–Trinajstić information content (AvgIpc) is 2.29. The second kappa shape index (κ2) is 4.07. The first-order chi connectivity index (χ1) is 6.00. The van der Waals surface area contributed by atoms with Crippen LogP contribution in [-0.2, 0) is 4.79 Å². The molecule has 0 radical (unpaired) electrons. The highest BCUT2D eigenvalue weighted by Crippen LogP contribution is 2.19. The highest BCUT2D eigenvalue weighted by molar-refractivity contribution is 5.75. The van der Waals surface area contributed by atoms with Crippen LogP contribution in [-0.4, -0.2) is 55.5 Å². The van der Waals surface area contributed by atoms with Crippen LogP contribution in [0, 0.1) is 5.92 Å². The summed E-state index contributed by atoms with van der Waals surface area (Å²) in [6.07, 6.45) is 0. The fourth-order valence-electron chi connectivity index (χ4n) is 2.07. The first kappa shape index (κ1) is 10.5. The van der Waals surface area contributed by atoms with Gasteiger partial charge >= 0.3 is 0 Å². The van der Waals surface area contributed by atoms with Gasteiger partial charge in [0.25, 0.3) is 0 Å². The lowest BCUT2D eigenvalue weighted by molar-refractivity contribution is -0.118. The van der Waals surface area contributed by atoms with Crippen molar-refractivity contribution in [1.82, 2.24) is 9.80 Å². The zero-order valence-electron chi connectivity index (χ0n) is 8.66. The van der Waals surface area contributed by atoms with E-state index in [-0.39, 0.29) is 5.91 Å². The second-order valence-electron chi connectivity index (χ2n) is 4.17. The Morgan fingerprint density at radius 3 is 2.54 bits per heavy atom. The fourth-order valence-corrected chi connectivity index (χ4v) is 2.07. The summed E-state index contributed by atoms with van der Waals surface area (Å²) in [5.74, 6) is 0.390. The molecule has 0 aliphatic carbocycles. The van der Waals surface area contributed by atoms with Crippen molar-refractivity contribution in [3.8, 4) is 0 Å². The number of primary amides is 1. The minimum absolute atomic E-state index is 0.230. The van der Waals surface area contributed by atoms with Crippen molar-refractivity contribution in [3.63, 3.8) is 0 Å². The Balaban J connectivity index is 2.45. The lowest BCUT2D eigenvalue weighted by Crippen LogP contribution is -2.36. The Labute approximate surface area is 79.7 Å². The number of carbonyl (C=O) groups is 1. The Hall–Kier alpha value is -0.610. The van der Waals surface area contributed by atoms with Crippen LogP contribution in [0.5, 0.6) is 0 Å². The second-order valence-corrected chi connectivity index (χ2v) is 4.17. The molecule has 4 heteroatoms. The first-order valence-corrected chi connectivity index (χ1v) is 4.67. The zero-order chi connectivity index (χ0) is 10.0. The molecule has 1 amide bonds. The van der Waals surface area contributed by atoms with Gasteiger partial charge < -0.3 is 10.6 Å². The normalized spacial score (nSPS) is 29.8. The van der Waals surface area contributed by atoms with E-state index in [1.54, 1.807) is 0 Å². The van der Waals surface area contributed by atoms with Gasteiger partial charge in [0.05, 0.1) is 6.54 Å². The van der Waals surface area contributed by atoms with Crippen LogP contribution in [0.2, 0.25) is 0 Å². The lowest BCUT2D eigenvalue weighted by atomic mass is 10.1. The van der Waals surface area contributed by atoms with Crippen LogP contribution in [0.3, 0.4) is 0 Å². The summed E-state index contributed by atoms with van der Waals surface area (Å²) in [5, 5.41) is 0. The van der Waals surface area contributed by atoms with Crippen molar-refractivity contribution >= 4 is 5.91 Å². The Morgan fingerprint density at radius 2 is 2.15 bits per heavy atom. The monoisotopic (exact) mass is 185 g/mol. The van der Waals surface area contributed by atoms with E-state index in [2.05, 4.69) is 30.8 Å². The third-order valence-corrected chi connectivity index (χ3v) is 2.69. The lowest BCUT2D eigenvalue weighted by Gasteiger charge is -2.22.